The van der Waals surface area contributed by atoms with Gasteiger partial charge in [0.05, 0.1) is 0 Å². The van der Waals surface area contributed by atoms with Gasteiger partial charge in [-0.05, 0) is 37.6 Å². The van der Waals surface area contributed by atoms with Gasteiger partial charge in [-0.3, -0.25) is 4.79 Å². The average molecular weight is 254 g/mol. The zero-order valence-corrected chi connectivity index (χ0v) is 12.3. The number of amides is 1. The number of rotatable bonds is 7. The number of nitrogens with one attached hydrogen (secondary N) is 2. The van der Waals surface area contributed by atoms with E-state index in [0.29, 0.717) is 12.5 Å². The molecular formula is C15H30N2O. The van der Waals surface area contributed by atoms with Crippen molar-refractivity contribution < 1.29 is 4.79 Å². The topological polar surface area (TPSA) is 41.1 Å². The van der Waals surface area contributed by atoms with Gasteiger partial charge in [-0.25, -0.2) is 0 Å². The van der Waals surface area contributed by atoms with E-state index in [9.17, 15) is 4.79 Å². The third-order valence-corrected chi connectivity index (χ3v) is 3.86. The fourth-order valence-corrected chi connectivity index (χ4v) is 2.52. The molecule has 106 valence electrons. The number of carbonyl (C=O) groups is 1. The average Bonchev–Trinajstić information content (AvgIpc) is 2.34. The Bertz CT molecular complexity index is 233. The van der Waals surface area contributed by atoms with Crippen molar-refractivity contribution in [2.24, 2.45) is 11.8 Å². The predicted octanol–water partition coefficient (Wildman–Crippen LogP) is 2.71. The number of hydrogen-bond acceptors (Lipinski definition) is 2. The van der Waals surface area contributed by atoms with Gasteiger partial charge in [0.2, 0.25) is 5.91 Å². The molecule has 1 fully saturated rings. The van der Waals surface area contributed by atoms with Crippen molar-refractivity contribution in [3.63, 3.8) is 0 Å². The molecule has 0 aliphatic heterocycles. The highest BCUT2D eigenvalue weighted by molar-refractivity contribution is 5.75. The molecule has 3 nitrogen and oxygen atoms in total. The third kappa shape index (κ3) is 7.00. The molecular weight excluding hydrogens is 224 g/mol. The lowest BCUT2D eigenvalue weighted by Crippen LogP contribution is -2.32. The first-order chi connectivity index (χ1) is 8.58. The van der Waals surface area contributed by atoms with E-state index in [4.69, 9.17) is 0 Å². The van der Waals surface area contributed by atoms with Gasteiger partial charge in [0.25, 0.3) is 0 Å². The van der Waals surface area contributed by atoms with Crippen molar-refractivity contribution in [2.45, 2.75) is 65.3 Å². The summed E-state index contributed by atoms with van der Waals surface area (Å²) < 4.78 is 0. The molecule has 0 atom stereocenters. The maximum Gasteiger partial charge on any atom is 0.220 e. The molecule has 0 radical (unpaired) electrons. The summed E-state index contributed by atoms with van der Waals surface area (Å²) in [6.45, 7) is 8.42. The van der Waals surface area contributed by atoms with Crippen molar-refractivity contribution in [1.82, 2.24) is 10.6 Å². The Morgan fingerprint density at radius 2 is 1.89 bits per heavy atom. The standard InChI is InChI=1S/C15H30N2O/c1-12(2)16-10-4-5-15(18)17-11-14-8-6-13(3)7-9-14/h12-14,16H,4-11H2,1-3H3,(H,17,18). The molecule has 0 bridgehead atoms. The first-order valence-electron chi connectivity index (χ1n) is 7.58. The van der Waals surface area contributed by atoms with Gasteiger partial charge >= 0.3 is 0 Å². The summed E-state index contributed by atoms with van der Waals surface area (Å²) in [4.78, 5) is 11.7. The van der Waals surface area contributed by atoms with E-state index >= 15 is 0 Å². The number of carbonyl (C=O) groups excluding carboxylic acids is 1. The van der Waals surface area contributed by atoms with Crippen molar-refractivity contribution >= 4 is 5.91 Å². The monoisotopic (exact) mass is 254 g/mol. The largest absolute Gasteiger partial charge is 0.356 e. The lowest BCUT2D eigenvalue weighted by atomic mass is 9.83. The highest BCUT2D eigenvalue weighted by Gasteiger charge is 2.18. The Morgan fingerprint density at radius 1 is 1.22 bits per heavy atom. The van der Waals surface area contributed by atoms with Gasteiger partial charge in [0, 0.05) is 19.0 Å². The van der Waals surface area contributed by atoms with Crippen LogP contribution in [0.15, 0.2) is 0 Å². The quantitative estimate of drug-likeness (QED) is 0.686. The minimum absolute atomic E-state index is 0.221. The van der Waals surface area contributed by atoms with Crippen LogP contribution in [0.25, 0.3) is 0 Å². The predicted molar refractivity (Wildman–Crippen MR) is 76.5 cm³/mol. The van der Waals surface area contributed by atoms with Crippen molar-refractivity contribution in [3.05, 3.63) is 0 Å². The lowest BCUT2D eigenvalue weighted by Gasteiger charge is -2.26. The molecule has 2 N–H and O–H groups in total. The molecule has 1 rings (SSSR count). The van der Waals surface area contributed by atoms with Crippen molar-refractivity contribution in [2.75, 3.05) is 13.1 Å². The molecule has 0 aromatic heterocycles. The molecule has 0 saturated heterocycles. The molecule has 0 spiro atoms. The van der Waals surface area contributed by atoms with Crippen LogP contribution in [-0.2, 0) is 4.79 Å². The second kappa shape index (κ2) is 8.52. The van der Waals surface area contributed by atoms with E-state index in [0.717, 1.165) is 31.3 Å². The van der Waals surface area contributed by atoms with E-state index in [1.165, 1.54) is 25.7 Å². The summed E-state index contributed by atoms with van der Waals surface area (Å²) in [7, 11) is 0. The molecule has 1 aliphatic rings. The highest BCUT2D eigenvalue weighted by Crippen LogP contribution is 2.27. The first kappa shape index (κ1) is 15.5. The van der Waals surface area contributed by atoms with Crippen LogP contribution >= 0.6 is 0 Å². The molecule has 18 heavy (non-hydrogen) atoms. The number of hydrogen-bond donors (Lipinski definition) is 2. The summed E-state index contributed by atoms with van der Waals surface area (Å²) in [6.07, 6.45) is 6.83. The Kier molecular flexibility index (Phi) is 7.33. The Morgan fingerprint density at radius 3 is 2.50 bits per heavy atom. The molecule has 1 amide bonds. The van der Waals surface area contributed by atoms with Gasteiger partial charge in [-0.15, -0.1) is 0 Å². The van der Waals surface area contributed by atoms with Crippen LogP contribution in [0.5, 0.6) is 0 Å². The SMILES string of the molecule is CC1CCC(CNC(=O)CCCNC(C)C)CC1. The fraction of sp³-hybridized carbons (Fsp3) is 0.933. The molecule has 0 heterocycles. The maximum atomic E-state index is 11.7. The summed E-state index contributed by atoms with van der Waals surface area (Å²) in [5, 5.41) is 6.42. The van der Waals surface area contributed by atoms with Gasteiger partial charge in [-0.2, -0.15) is 0 Å². The zero-order chi connectivity index (χ0) is 13.4. The van der Waals surface area contributed by atoms with Crippen LogP contribution in [0.4, 0.5) is 0 Å². The van der Waals surface area contributed by atoms with E-state index in [1.807, 2.05) is 0 Å². The molecule has 0 aromatic carbocycles. The van der Waals surface area contributed by atoms with Gasteiger partial charge in [-0.1, -0.05) is 33.6 Å². The second-order valence-electron chi connectivity index (χ2n) is 6.14. The van der Waals surface area contributed by atoms with Crippen molar-refractivity contribution in [1.29, 1.82) is 0 Å². The molecule has 1 aliphatic carbocycles. The smallest absolute Gasteiger partial charge is 0.220 e. The lowest BCUT2D eigenvalue weighted by molar-refractivity contribution is -0.121. The molecule has 0 unspecified atom stereocenters. The Balaban J connectivity index is 1.99. The third-order valence-electron chi connectivity index (χ3n) is 3.86. The van der Waals surface area contributed by atoms with Crippen LogP contribution < -0.4 is 10.6 Å². The van der Waals surface area contributed by atoms with Crippen LogP contribution in [-0.4, -0.2) is 25.0 Å². The minimum atomic E-state index is 0.221. The van der Waals surface area contributed by atoms with Crippen molar-refractivity contribution in [3.8, 4) is 0 Å². The summed E-state index contributed by atoms with van der Waals surface area (Å²) >= 11 is 0. The fourth-order valence-electron chi connectivity index (χ4n) is 2.52. The van der Waals surface area contributed by atoms with Crippen LogP contribution in [0.3, 0.4) is 0 Å². The second-order valence-corrected chi connectivity index (χ2v) is 6.14. The molecule has 0 aromatic rings. The highest BCUT2D eigenvalue weighted by atomic mass is 16.1. The zero-order valence-electron chi connectivity index (χ0n) is 12.3. The first-order valence-corrected chi connectivity index (χ1v) is 7.58. The van der Waals surface area contributed by atoms with E-state index in [-0.39, 0.29) is 5.91 Å². The normalized spacial score (nSPS) is 24.2. The molecule has 1 saturated carbocycles. The summed E-state index contributed by atoms with van der Waals surface area (Å²) in [5.74, 6) is 1.83. The molecule has 3 heteroatoms. The van der Waals surface area contributed by atoms with Gasteiger partial charge in [0.1, 0.15) is 0 Å². The van der Waals surface area contributed by atoms with E-state index < -0.39 is 0 Å². The van der Waals surface area contributed by atoms with Crippen LogP contribution in [0.2, 0.25) is 0 Å². The minimum Gasteiger partial charge on any atom is -0.356 e. The van der Waals surface area contributed by atoms with E-state index in [1.54, 1.807) is 0 Å². The van der Waals surface area contributed by atoms with Crippen LogP contribution in [0, 0.1) is 11.8 Å². The van der Waals surface area contributed by atoms with Crippen LogP contribution in [0.1, 0.15) is 59.3 Å². The van der Waals surface area contributed by atoms with E-state index in [2.05, 4.69) is 31.4 Å². The Labute approximate surface area is 112 Å². The summed E-state index contributed by atoms with van der Waals surface area (Å²) in [6, 6.07) is 0.511. The van der Waals surface area contributed by atoms with Gasteiger partial charge < -0.3 is 10.6 Å². The maximum absolute atomic E-state index is 11.7. The Hall–Kier alpha value is -0.570. The summed E-state index contributed by atoms with van der Waals surface area (Å²) in [5.41, 5.74) is 0. The van der Waals surface area contributed by atoms with Gasteiger partial charge in [0.15, 0.2) is 0 Å².